The first kappa shape index (κ1) is 24.4. The number of hydrogen-bond acceptors (Lipinski definition) is 5. The van der Waals surface area contributed by atoms with Crippen LogP contribution < -0.4 is 14.4 Å². The highest BCUT2D eigenvalue weighted by Gasteiger charge is 2.27. The summed E-state index contributed by atoms with van der Waals surface area (Å²) in [5.41, 5.74) is 0.317. The first-order chi connectivity index (χ1) is 14.0. The van der Waals surface area contributed by atoms with Gasteiger partial charge in [0, 0.05) is 22.1 Å². The molecule has 2 aromatic carbocycles. The maximum absolute atomic E-state index is 13.3. The number of carbonyl (C=O) groups is 1. The molecular weight excluding hydrogens is 444 g/mol. The number of nitrogens with one attached hydrogen (secondary N) is 1. The van der Waals surface area contributed by atoms with Gasteiger partial charge in [-0.25, -0.2) is 8.42 Å². The zero-order chi connectivity index (χ0) is 22.4. The number of nitrogens with zero attached hydrogens (tertiary/aromatic N) is 1. The molecule has 0 spiro atoms. The van der Waals surface area contributed by atoms with Gasteiger partial charge in [-0.05, 0) is 42.5 Å². The third kappa shape index (κ3) is 7.11. The third-order valence-electron chi connectivity index (χ3n) is 3.99. The van der Waals surface area contributed by atoms with Crippen molar-refractivity contribution in [2.45, 2.75) is 30.4 Å². The van der Waals surface area contributed by atoms with Crippen LogP contribution in [0.2, 0.25) is 5.02 Å². The molecule has 0 saturated heterocycles. The van der Waals surface area contributed by atoms with E-state index in [0.717, 1.165) is 10.1 Å². The van der Waals surface area contributed by atoms with Crippen LogP contribution in [0.15, 0.2) is 53.4 Å². The lowest BCUT2D eigenvalue weighted by Crippen LogP contribution is -2.41. The van der Waals surface area contributed by atoms with Crippen LogP contribution in [-0.2, 0) is 14.8 Å². The monoisotopic (exact) mass is 470 g/mol. The number of amides is 1. The number of halogens is 1. The van der Waals surface area contributed by atoms with Crippen molar-refractivity contribution in [3.63, 3.8) is 0 Å². The largest absolute Gasteiger partial charge is 0.497 e. The van der Waals surface area contributed by atoms with Gasteiger partial charge >= 0.3 is 0 Å². The standard InChI is InChI=1S/C21H27ClN2O4S2/c1-21(2,3)29-13-12-23-20(25)15-24(17-7-5-6-16(22)14-17)30(26,27)19-10-8-18(28-4)9-11-19/h5-11,14H,12-13,15H2,1-4H3,(H,23,25). The van der Waals surface area contributed by atoms with Crippen molar-refractivity contribution in [2.75, 3.05) is 30.3 Å². The van der Waals surface area contributed by atoms with Crippen LogP contribution >= 0.6 is 23.4 Å². The Hall–Kier alpha value is -1.90. The van der Waals surface area contributed by atoms with Gasteiger partial charge in [-0.2, -0.15) is 11.8 Å². The summed E-state index contributed by atoms with van der Waals surface area (Å²) in [6.07, 6.45) is 0. The summed E-state index contributed by atoms with van der Waals surface area (Å²) < 4.78 is 32.8. The fourth-order valence-corrected chi connectivity index (χ4v) is 4.97. The minimum atomic E-state index is -3.99. The second kappa shape index (κ2) is 10.4. The van der Waals surface area contributed by atoms with E-state index >= 15 is 0 Å². The normalized spacial score (nSPS) is 11.8. The SMILES string of the molecule is COc1ccc(S(=O)(=O)N(CC(=O)NCCSC(C)(C)C)c2cccc(Cl)c2)cc1. The zero-order valence-corrected chi connectivity index (χ0v) is 19.9. The molecule has 0 aliphatic carbocycles. The molecule has 1 amide bonds. The van der Waals surface area contributed by atoms with Crippen molar-refractivity contribution < 1.29 is 17.9 Å². The smallest absolute Gasteiger partial charge is 0.264 e. The van der Waals surface area contributed by atoms with E-state index in [9.17, 15) is 13.2 Å². The van der Waals surface area contributed by atoms with Gasteiger partial charge < -0.3 is 10.1 Å². The molecule has 30 heavy (non-hydrogen) atoms. The van der Waals surface area contributed by atoms with Gasteiger partial charge in [0.05, 0.1) is 17.7 Å². The molecule has 0 heterocycles. The number of thioether (sulfide) groups is 1. The maximum Gasteiger partial charge on any atom is 0.264 e. The van der Waals surface area contributed by atoms with E-state index < -0.39 is 10.0 Å². The van der Waals surface area contributed by atoms with Gasteiger partial charge in [-0.1, -0.05) is 38.4 Å². The number of hydrogen-bond donors (Lipinski definition) is 1. The molecule has 2 rings (SSSR count). The number of carbonyl (C=O) groups excluding carboxylic acids is 1. The molecular formula is C21H27ClN2O4S2. The fourth-order valence-electron chi connectivity index (χ4n) is 2.56. The van der Waals surface area contributed by atoms with Crippen molar-refractivity contribution in [1.29, 1.82) is 0 Å². The first-order valence-electron chi connectivity index (χ1n) is 9.36. The Labute approximate surface area is 188 Å². The Balaban J connectivity index is 2.23. The van der Waals surface area contributed by atoms with E-state index in [2.05, 4.69) is 26.1 Å². The summed E-state index contributed by atoms with van der Waals surface area (Å²) in [7, 11) is -2.49. The number of methoxy groups -OCH3 is 1. The number of rotatable bonds is 9. The lowest BCUT2D eigenvalue weighted by atomic mass is 10.3. The van der Waals surface area contributed by atoms with Crippen LogP contribution in [-0.4, -0.2) is 45.0 Å². The maximum atomic E-state index is 13.3. The molecule has 164 valence electrons. The molecule has 1 N–H and O–H groups in total. The quantitative estimate of drug-likeness (QED) is 0.556. The Bertz CT molecular complexity index is 958. The molecule has 0 fully saturated rings. The molecule has 0 aliphatic rings. The Morgan fingerprint density at radius 3 is 2.40 bits per heavy atom. The first-order valence-corrected chi connectivity index (χ1v) is 12.2. The number of benzene rings is 2. The Morgan fingerprint density at radius 1 is 1.17 bits per heavy atom. The highest BCUT2D eigenvalue weighted by Crippen LogP contribution is 2.27. The summed E-state index contributed by atoms with van der Waals surface area (Å²) in [5.74, 6) is 0.886. The fraction of sp³-hybridized carbons (Fsp3) is 0.381. The third-order valence-corrected chi connectivity index (χ3v) is 7.29. The number of anilines is 1. The molecule has 0 unspecified atom stereocenters. The van der Waals surface area contributed by atoms with Crippen LogP contribution in [0.3, 0.4) is 0 Å². The Morgan fingerprint density at radius 2 is 1.83 bits per heavy atom. The van der Waals surface area contributed by atoms with Crippen molar-refractivity contribution in [3.05, 3.63) is 53.6 Å². The topological polar surface area (TPSA) is 75.7 Å². The number of ether oxygens (including phenoxy) is 1. The molecule has 9 heteroatoms. The lowest BCUT2D eigenvalue weighted by molar-refractivity contribution is -0.119. The average molecular weight is 471 g/mol. The van der Waals surface area contributed by atoms with Crippen LogP contribution in [0.5, 0.6) is 5.75 Å². The van der Waals surface area contributed by atoms with E-state index in [-0.39, 0.29) is 22.1 Å². The van der Waals surface area contributed by atoms with E-state index in [1.54, 1.807) is 42.1 Å². The molecule has 0 aliphatic heterocycles. The van der Waals surface area contributed by atoms with Gasteiger partial charge in [0.2, 0.25) is 5.91 Å². The van der Waals surface area contributed by atoms with E-state index in [1.165, 1.54) is 25.3 Å². The van der Waals surface area contributed by atoms with Gasteiger partial charge in [0.25, 0.3) is 10.0 Å². The summed E-state index contributed by atoms with van der Waals surface area (Å²) in [5, 5.41) is 3.17. The summed E-state index contributed by atoms with van der Waals surface area (Å²) >= 11 is 7.79. The second-order valence-corrected chi connectivity index (χ2v) is 11.7. The summed E-state index contributed by atoms with van der Waals surface area (Å²) in [6, 6.07) is 12.4. The second-order valence-electron chi connectivity index (χ2n) is 7.48. The summed E-state index contributed by atoms with van der Waals surface area (Å²) in [4.78, 5) is 12.6. The van der Waals surface area contributed by atoms with Gasteiger partial charge in [0.15, 0.2) is 0 Å². The van der Waals surface area contributed by atoms with Crippen LogP contribution in [0.25, 0.3) is 0 Å². The predicted octanol–water partition coefficient (Wildman–Crippen LogP) is 4.19. The van der Waals surface area contributed by atoms with Crippen LogP contribution in [0.1, 0.15) is 20.8 Å². The van der Waals surface area contributed by atoms with Gasteiger partial charge in [0.1, 0.15) is 12.3 Å². The number of sulfonamides is 1. The molecule has 0 aromatic heterocycles. The molecule has 6 nitrogen and oxygen atoms in total. The lowest BCUT2D eigenvalue weighted by Gasteiger charge is -2.24. The highest BCUT2D eigenvalue weighted by atomic mass is 35.5. The molecule has 0 bridgehead atoms. The van der Waals surface area contributed by atoms with Crippen molar-refractivity contribution in [1.82, 2.24) is 5.32 Å². The average Bonchev–Trinajstić information content (AvgIpc) is 2.68. The molecule has 0 atom stereocenters. The summed E-state index contributed by atoms with van der Waals surface area (Å²) in [6.45, 7) is 6.40. The minimum Gasteiger partial charge on any atom is -0.497 e. The zero-order valence-electron chi connectivity index (χ0n) is 17.5. The minimum absolute atomic E-state index is 0.0550. The molecule has 2 aromatic rings. The highest BCUT2D eigenvalue weighted by molar-refractivity contribution is 8.00. The molecule has 0 radical (unpaired) electrons. The Kier molecular flexibility index (Phi) is 8.46. The van der Waals surface area contributed by atoms with Crippen molar-refractivity contribution in [2.24, 2.45) is 0 Å². The van der Waals surface area contributed by atoms with Gasteiger partial charge in [-0.3, -0.25) is 9.10 Å². The molecule has 0 saturated carbocycles. The van der Waals surface area contributed by atoms with Gasteiger partial charge in [-0.15, -0.1) is 0 Å². The van der Waals surface area contributed by atoms with E-state index in [0.29, 0.717) is 23.0 Å². The predicted molar refractivity (Wildman–Crippen MR) is 124 cm³/mol. The van der Waals surface area contributed by atoms with Crippen molar-refractivity contribution in [3.8, 4) is 5.75 Å². The van der Waals surface area contributed by atoms with E-state index in [4.69, 9.17) is 16.3 Å². The van der Waals surface area contributed by atoms with E-state index in [1.807, 2.05) is 0 Å². The van der Waals surface area contributed by atoms with Crippen LogP contribution in [0, 0.1) is 0 Å². The van der Waals surface area contributed by atoms with Crippen LogP contribution in [0.4, 0.5) is 5.69 Å². The van der Waals surface area contributed by atoms with Crippen molar-refractivity contribution >= 4 is 45.0 Å².